The Bertz CT molecular complexity index is 367. The van der Waals surface area contributed by atoms with E-state index in [-0.39, 0.29) is 12.5 Å². The van der Waals surface area contributed by atoms with Gasteiger partial charge < -0.3 is 15.8 Å². The molecule has 1 amide bonds. The fourth-order valence-corrected chi connectivity index (χ4v) is 1.61. The summed E-state index contributed by atoms with van der Waals surface area (Å²) in [6, 6.07) is 7.10. The van der Waals surface area contributed by atoms with Crippen LogP contribution in [0.3, 0.4) is 0 Å². The van der Waals surface area contributed by atoms with Crippen LogP contribution in [0.15, 0.2) is 24.3 Å². The molecule has 0 aliphatic heterocycles. The molecule has 0 atom stereocenters. The van der Waals surface area contributed by atoms with Crippen molar-refractivity contribution in [3.05, 3.63) is 24.3 Å². The number of carbonyl (C=O) groups excluding carboxylic acids is 1. The van der Waals surface area contributed by atoms with Gasteiger partial charge in [-0.05, 0) is 24.6 Å². The van der Waals surface area contributed by atoms with E-state index in [2.05, 4.69) is 12.2 Å². The maximum absolute atomic E-state index is 11.5. The lowest BCUT2D eigenvalue weighted by Gasteiger charge is -2.06. The van der Waals surface area contributed by atoms with Crippen molar-refractivity contribution < 1.29 is 9.53 Å². The number of hydrogen-bond donors (Lipinski definition) is 2. The third-order valence-corrected chi connectivity index (χ3v) is 2.55. The van der Waals surface area contributed by atoms with E-state index in [4.69, 9.17) is 10.5 Å². The molecule has 1 aromatic rings. The van der Waals surface area contributed by atoms with Gasteiger partial charge >= 0.3 is 0 Å². The average molecular weight is 250 g/mol. The highest BCUT2D eigenvalue weighted by Gasteiger charge is 2.02. The number of benzene rings is 1. The van der Waals surface area contributed by atoms with Crippen LogP contribution in [0.1, 0.15) is 32.6 Å². The van der Waals surface area contributed by atoms with Gasteiger partial charge in [-0.25, -0.2) is 0 Å². The number of carbonyl (C=O) groups is 1. The number of hydrogen-bond acceptors (Lipinski definition) is 3. The van der Waals surface area contributed by atoms with Gasteiger partial charge in [0.2, 0.25) is 5.91 Å². The molecule has 0 unspecified atom stereocenters. The summed E-state index contributed by atoms with van der Waals surface area (Å²) in [5.74, 6) is -0.143. The molecule has 4 nitrogen and oxygen atoms in total. The standard InChI is InChI=1S/C14H22N2O2/c1-2-3-4-5-9-18-11-14(17)16-13-8-6-7-12(15)10-13/h6-8,10H,2-5,9,11,15H2,1H3,(H,16,17). The maximum Gasteiger partial charge on any atom is 0.250 e. The lowest BCUT2D eigenvalue weighted by molar-refractivity contribution is -0.120. The summed E-state index contributed by atoms with van der Waals surface area (Å²) in [4.78, 5) is 11.5. The summed E-state index contributed by atoms with van der Waals surface area (Å²) in [5.41, 5.74) is 6.96. The van der Waals surface area contributed by atoms with Crippen LogP contribution in [-0.2, 0) is 9.53 Å². The van der Waals surface area contributed by atoms with Crippen molar-refractivity contribution in [2.24, 2.45) is 0 Å². The van der Waals surface area contributed by atoms with Gasteiger partial charge in [-0.15, -0.1) is 0 Å². The number of anilines is 2. The summed E-state index contributed by atoms with van der Waals surface area (Å²) < 4.78 is 5.30. The Morgan fingerprint density at radius 1 is 1.33 bits per heavy atom. The molecule has 0 bridgehead atoms. The van der Waals surface area contributed by atoms with Gasteiger partial charge in [-0.1, -0.05) is 32.3 Å². The van der Waals surface area contributed by atoms with Crippen molar-refractivity contribution in [2.75, 3.05) is 24.3 Å². The minimum Gasteiger partial charge on any atom is -0.399 e. The zero-order chi connectivity index (χ0) is 13.2. The summed E-state index contributed by atoms with van der Waals surface area (Å²) in [6.45, 7) is 2.91. The number of nitrogens with one attached hydrogen (secondary N) is 1. The maximum atomic E-state index is 11.5. The fourth-order valence-electron chi connectivity index (χ4n) is 1.61. The molecular formula is C14H22N2O2. The molecule has 0 aliphatic carbocycles. The molecule has 18 heavy (non-hydrogen) atoms. The molecule has 1 rings (SSSR count). The normalized spacial score (nSPS) is 10.3. The predicted molar refractivity (Wildman–Crippen MR) is 74.4 cm³/mol. The van der Waals surface area contributed by atoms with E-state index in [1.54, 1.807) is 24.3 Å². The molecule has 0 radical (unpaired) electrons. The second-order valence-electron chi connectivity index (χ2n) is 4.29. The van der Waals surface area contributed by atoms with E-state index < -0.39 is 0 Å². The molecule has 1 aromatic carbocycles. The Labute approximate surface area is 109 Å². The van der Waals surface area contributed by atoms with Gasteiger partial charge in [0.25, 0.3) is 0 Å². The van der Waals surface area contributed by atoms with Crippen LogP contribution in [0.2, 0.25) is 0 Å². The van der Waals surface area contributed by atoms with Crippen molar-refractivity contribution >= 4 is 17.3 Å². The Balaban J connectivity index is 2.14. The van der Waals surface area contributed by atoms with Gasteiger partial charge in [0, 0.05) is 18.0 Å². The Morgan fingerprint density at radius 3 is 2.89 bits per heavy atom. The molecule has 100 valence electrons. The first-order chi connectivity index (χ1) is 8.72. The minimum atomic E-state index is -0.143. The summed E-state index contributed by atoms with van der Waals surface area (Å²) in [7, 11) is 0. The van der Waals surface area contributed by atoms with Crippen LogP contribution < -0.4 is 11.1 Å². The van der Waals surface area contributed by atoms with Gasteiger partial charge in [0.05, 0.1) is 0 Å². The first-order valence-corrected chi connectivity index (χ1v) is 6.45. The van der Waals surface area contributed by atoms with E-state index >= 15 is 0 Å². The van der Waals surface area contributed by atoms with Gasteiger partial charge in [-0.2, -0.15) is 0 Å². The van der Waals surface area contributed by atoms with E-state index in [0.29, 0.717) is 18.0 Å². The zero-order valence-corrected chi connectivity index (χ0v) is 10.9. The molecule has 0 fully saturated rings. The highest BCUT2D eigenvalue weighted by Crippen LogP contribution is 2.11. The molecule has 0 heterocycles. The van der Waals surface area contributed by atoms with Crippen molar-refractivity contribution in [3.8, 4) is 0 Å². The van der Waals surface area contributed by atoms with Crippen LogP contribution in [0.25, 0.3) is 0 Å². The van der Waals surface area contributed by atoms with E-state index in [9.17, 15) is 4.79 Å². The number of amides is 1. The first-order valence-electron chi connectivity index (χ1n) is 6.45. The number of unbranched alkanes of at least 4 members (excludes halogenated alkanes) is 3. The van der Waals surface area contributed by atoms with Crippen LogP contribution in [0, 0.1) is 0 Å². The fraction of sp³-hybridized carbons (Fsp3) is 0.500. The monoisotopic (exact) mass is 250 g/mol. The molecular weight excluding hydrogens is 228 g/mol. The van der Waals surface area contributed by atoms with Crippen LogP contribution in [0.5, 0.6) is 0 Å². The second-order valence-corrected chi connectivity index (χ2v) is 4.29. The largest absolute Gasteiger partial charge is 0.399 e. The van der Waals surface area contributed by atoms with Crippen molar-refractivity contribution in [3.63, 3.8) is 0 Å². The van der Waals surface area contributed by atoms with Crippen LogP contribution in [0.4, 0.5) is 11.4 Å². The van der Waals surface area contributed by atoms with E-state index in [0.717, 1.165) is 12.8 Å². The van der Waals surface area contributed by atoms with Crippen molar-refractivity contribution in [1.29, 1.82) is 0 Å². The lowest BCUT2D eigenvalue weighted by atomic mass is 10.2. The van der Waals surface area contributed by atoms with Crippen LogP contribution in [-0.4, -0.2) is 19.1 Å². The second kappa shape index (κ2) is 8.53. The van der Waals surface area contributed by atoms with Crippen molar-refractivity contribution in [1.82, 2.24) is 0 Å². The minimum absolute atomic E-state index is 0.0981. The SMILES string of the molecule is CCCCCCOCC(=O)Nc1cccc(N)c1. The molecule has 0 aromatic heterocycles. The topological polar surface area (TPSA) is 64.3 Å². The van der Waals surface area contributed by atoms with Gasteiger partial charge in [0.1, 0.15) is 6.61 Å². The highest BCUT2D eigenvalue weighted by atomic mass is 16.5. The summed E-state index contributed by atoms with van der Waals surface area (Å²) >= 11 is 0. The average Bonchev–Trinajstić information content (AvgIpc) is 2.33. The first kappa shape index (κ1) is 14.5. The highest BCUT2D eigenvalue weighted by molar-refractivity contribution is 5.92. The zero-order valence-electron chi connectivity index (χ0n) is 10.9. The lowest BCUT2D eigenvalue weighted by Crippen LogP contribution is -2.18. The third kappa shape index (κ3) is 6.25. The van der Waals surface area contributed by atoms with E-state index in [1.165, 1.54) is 12.8 Å². The molecule has 0 saturated heterocycles. The molecule has 0 spiro atoms. The molecule has 3 N–H and O–H groups in total. The Morgan fingerprint density at radius 2 is 2.17 bits per heavy atom. The molecule has 0 saturated carbocycles. The molecule has 0 aliphatic rings. The van der Waals surface area contributed by atoms with Crippen molar-refractivity contribution in [2.45, 2.75) is 32.6 Å². The molecule has 4 heteroatoms. The van der Waals surface area contributed by atoms with E-state index in [1.807, 2.05) is 0 Å². The van der Waals surface area contributed by atoms with Gasteiger partial charge in [0.15, 0.2) is 0 Å². The number of nitrogen functional groups attached to an aromatic ring is 1. The van der Waals surface area contributed by atoms with Crippen LogP contribution >= 0.6 is 0 Å². The third-order valence-electron chi connectivity index (χ3n) is 2.55. The number of nitrogens with two attached hydrogens (primary N) is 1. The predicted octanol–water partition coefficient (Wildman–Crippen LogP) is 2.80. The Hall–Kier alpha value is -1.55. The number of ether oxygens (including phenoxy) is 1. The number of rotatable bonds is 8. The summed E-state index contributed by atoms with van der Waals surface area (Å²) in [5, 5.41) is 2.74. The van der Waals surface area contributed by atoms with Gasteiger partial charge in [-0.3, -0.25) is 4.79 Å². The quantitative estimate of drug-likeness (QED) is 0.551. The Kier molecular flexibility index (Phi) is 6.87. The summed E-state index contributed by atoms with van der Waals surface area (Å²) in [6.07, 6.45) is 4.60. The smallest absolute Gasteiger partial charge is 0.250 e.